The lowest BCUT2D eigenvalue weighted by molar-refractivity contribution is -0.0509. The molecule has 0 fully saturated rings. The lowest BCUT2D eigenvalue weighted by Gasteiger charge is -2.20. The first-order valence-corrected chi connectivity index (χ1v) is 12.6. The fraction of sp³-hybridized carbons (Fsp3) is 0.500. The molecule has 32 heavy (non-hydrogen) atoms. The largest absolute Gasteiger partial charge is 0.434 e. The molecule has 0 radical (unpaired) electrons. The maximum Gasteiger partial charge on any atom is 0.387 e. The van der Waals surface area contributed by atoms with Crippen LogP contribution in [0.2, 0.25) is 0 Å². The van der Waals surface area contributed by atoms with Gasteiger partial charge >= 0.3 is 12.6 Å². The van der Waals surface area contributed by atoms with E-state index >= 15 is 0 Å². The average Bonchev–Trinajstić information content (AvgIpc) is 3.43. The molecule has 1 heterocycles. The van der Waals surface area contributed by atoms with Gasteiger partial charge in [-0.2, -0.15) is 8.78 Å². The summed E-state index contributed by atoms with van der Waals surface area (Å²) in [4.78, 5) is 16.7. The van der Waals surface area contributed by atoms with Crippen molar-refractivity contribution in [3.63, 3.8) is 0 Å². The molecule has 2 amide bonds. The Morgan fingerprint density at radius 2 is 1.81 bits per heavy atom. The first kappa shape index (κ1) is 23.0. The van der Waals surface area contributed by atoms with Gasteiger partial charge in [0.2, 0.25) is 0 Å². The smallest absolute Gasteiger partial charge is 0.387 e. The summed E-state index contributed by atoms with van der Waals surface area (Å²) in [7, 11) is -3.59. The number of aliphatic hydroxyl groups is 1. The minimum Gasteiger partial charge on any atom is -0.434 e. The minimum atomic E-state index is -3.59. The summed E-state index contributed by atoms with van der Waals surface area (Å²) in [5.74, 6) is 0.237. The number of nitrogens with two attached hydrogens (primary N) is 1. The molecule has 1 atom stereocenters. The van der Waals surface area contributed by atoms with Gasteiger partial charge in [0.15, 0.2) is 9.92 Å². The van der Waals surface area contributed by atoms with Crippen molar-refractivity contribution in [3.05, 3.63) is 33.5 Å². The zero-order valence-corrected chi connectivity index (χ0v) is 19.2. The van der Waals surface area contributed by atoms with Gasteiger partial charge < -0.3 is 15.2 Å². The van der Waals surface area contributed by atoms with Crippen LogP contribution < -0.4 is 15.2 Å². The molecule has 0 spiro atoms. The number of nitrogens with zero attached hydrogens (tertiary/aromatic N) is 2. The van der Waals surface area contributed by atoms with E-state index < -0.39 is 28.2 Å². The fourth-order valence-corrected chi connectivity index (χ4v) is 6.33. The van der Waals surface area contributed by atoms with Crippen molar-refractivity contribution in [2.75, 3.05) is 5.32 Å². The van der Waals surface area contributed by atoms with E-state index in [4.69, 9.17) is 9.88 Å². The molecule has 0 saturated carbocycles. The zero-order valence-electron chi connectivity index (χ0n) is 17.6. The third-order valence-corrected chi connectivity index (χ3v) is 8.73. The highest BCUT2D eigenvalue weighted by atomic mass is 32.2. The molecule has 1 aromatic heterocycles. The number of alkyl halides is 2. The quantitative estimate of drug-likeness (QED) is 0.591. The van der Waals surface area contributed by atoms with Crippen molar-refractivity contribution in [3.8, 4) is 5.75 Å². The Balaban J connectivity index is 1.69. The van der Waals surface area contributed by atoms with E-state index in [0.717, 1.165) is 35.3 Å². The van der Waals surface area contributed by atoms with Gasteiger partial charge in [0.05, 0.1) is 6.20 Å². The van der Waals surface area contributed by atoms with Gasteiger partial charge in [-0.15, -0.1) is 15.7 Å². The Hall–Kier alpha value is -2.15. The summed E-state index contributed by atoms with van der Waals surface area (Å²) >= 11 is 0.920. The monoisotopic (exact) mass is 486 g/mol. The molecule has 1 aromatic carbocycles. The summed E-state index contributed by atoms with van der Waals surface area (Å²) in [5.41, 5.74) is 2.19. The molecule has 0 aliphatic heterocycles. The third-order valence-electron chi connectivity index (χ3n) is 5.54. The molecule has 174 valence electrons. The van der Waals surface area contributed by atoms with Crippen LogP contribution in [0.1, 0.15) is 54.0 Å². The van der Waals surface area contributed by atoms with E-state index in [1.807, 2.05) is 0 Å². The number of nitrogens with one attached hydrogen (secondary N) is 1. The number of ether oxygens (including phenoxy) is 1. The van der Waals surface area contributed by atoms with Crippen molar-refractivity contribution >= 4 is 33.0 Å². The predicted molar refractivity (Wildman–Crippen MR) is 117 cm³/mol. The van der Waals surface area contributed by atoms with Gasteiger partial charge in [-0.05, 0) is 74.6 Å². The number of fused-ring (bicyclic) bond motifs is 2. The number of carbonyl (C=O) groups excluding carboxylic acids is 1. The molecule has 2 aromatic rings. The lowest BCUT2D eigenvalue weighted by atomic mass is 9.97. The highest BCUT2D eigenvalue weighted by Gasteiger charge is 2.32. The van der Waals surface area contributed by atoms with Crippen LogP contribution in [-0.2, 0) is 41.2 Å². The number of halogens is 2. The molecule has 12 heteroatoms. The van der Waals surface area contributed by atoms with Gasteiger partial charge in [0, 0.05) is 5.69 Å². The summed E-state index contributed by atoms with van der Waals surface area (Å²) in [5, 5.41) is 18.9. The number of hydrogen-bond acceptors (Lipinski definition) is 6. The molecular formula is C20H24F2N4O4S2. The Kier molecular flexibility index (Phi) is 5.99. The summed E-state index contributed by atoms with van der Waals surface area (Å²) in [6.07, 6.45) is 5.14. The highest BCUT2D eigenvalue weighted by molar-refractivity contribution is 7.93. The second-order valence-corrected chi connectivity index (χ2v) is 11.4. The van der Waals surface area contributed by atoms with Crippen LogP contribution in [0.5, 0.6) is 5.75 Å². The number of amides is 2. The van der Waals surface area contributed by atoms with Gasteiger partial charge in [0.25, 0.3) is 0 Å². The molecule has 4 rings (SSSR count). The maximum absolute atomic E-state index is 13.0. The summed E-state index contributed by atoms with van der Waals surface area (Å²) in [6.45, 7) is 0.135. The summed E-state index contributed by atoms with van der Waals surface area (Å²) < 4.78 is 47.6. The lowest BCUT2D eigenvalue weighted by Crippen LogP contribution is -2.18. The molecule has 4 N–H and O–H groups in total. The standard InChI is InChI=1S/C20H24F2N4O4S2/c1-20(2,28)17-24-9-14(31-17)32(23,29)26-19(27)25-15-10-5-3-7-12(10)16(30-18(21)22)13-8-4-6-11(13)15/h9,18,28H,3-8H2,1-2H3,(H3,23,25,26,27,29)/t32-/m0/s1. The number of urea groups is 1. The van der Waals surface area contributed by atoms with Gasteiger partial charge in [-0.1, -0.05) is 0 Å². The van der Waals surface area contributed by atoms with Crippen molar-refractivity contribution in [1.82, 2.24) is 4.98 Å². The van der Waals surface area contributed by atoms with Crippen LogP contribution >= 0.6 is 11.3 Å². The number of anilines is 1. The van der Waals surface area contributed by atoms with Crippen LogP contribution in [0, 0.1) is 0 Å². The first-order chi connectivity index (χ1) is 15.0. The molecule has 2 aliphatic rings. The zero-order chi connectivity index (χ0) is 23.3. The number of benzene rings is 1. The van der Waals surface area contributed by atoms with E-state index in [9.17, 15) is 22.9 Å². The van der Waals surface area contributed by atoms with Crippen LogP contribution in [0.3, 0.4) is 0 Å². The van der Waals surface area contributed by atoms with E-state index in [2.05, 4.69) is 14.7 Å². The number of carbonyl (C=O) groups is 1. The number of rotatable bonds is 5. The first-order valence-electron chi connectivity index (χ1n) is 10.2. The van der Waals surface area contributed by atoms with Crippen molar-refractivity contribution < 1.29 is 27.6 Å². The SMILES string of the molecule is CC(C)(O)c1ncc([S@@](N)(=O)=NC(=O)Nc2c3c(c(OC(F)F)c4c2CCC4)CCC3)s1. The molecule has 8 nitrogen and oxygen atoms in total. The maximum atomic E-state index is 13.0. The van der Waals surface area contributed by atoms with Crippen LogP contribution in [-0.4, -0.2) is 26.9 Å². The molecule has 0 bridgehead atoms. The number of aromatic nitrogens is 1. The third kappa shape index (κ3) is 4.36. The second-order valence-electron chi connectivity index (χ2n) is 8.34. The number of thiazole rings is 1. The predicted octanol–water partition coefficient (Wildman–Crippen LogP) is 3.88. The van der Waals surface area contributed by atoms with E-state index in [1.165, 1.54) is 20.0 Å². The Labute approximate surface area is 188 Å². The minimum absolute atomic E-state index is 0.0703. The van der Waals surface area contributed by atoms with Crippen molar-refractivity contribution in [2.24, 2.45) is 9.50 Å². The van der Waals surface area contributed by atoms with Crippen molar-refractivity contribution in [2.45, 2.75) is 68.8 Å². The topological polar surface area (TPSA) is 127 Å². The Morgan fingerprint density at radius 3 is 2.31 bits per heavy atom. The fourth-order valence-electron chi connectivity index (χ4n) is 4.26. The van der Waals surface area contributed by atoms with E-state index in [1.54, 1.807) is 0 Å². The number of hydrogen-bond donors (Lipinski definition) is 3. The Morgan fingerprint density at radius 1 is 1.25 bits per heavy atom. The molecule has 0 unspecified atom stereocenters. The highest BCUT2D eigenvalue weighted by Crippen LogP contribution is 2.46. The molecule has 2 aliphatic carbocycles. The van der Waals surface area contributed by atoms with Gasteiger partial charge in [-0.3, -0.25) is 0 Å². The molecular weight excluding hydrogens is 462 g/mol. The summed E-state index contributed by atoms with van der Waals surface area (Å²) in [6, 6.07) is -0.888. The normalized spacial score (nSPS) is 17.1. The molecule has 0 saturated heterocycles. The van der Waals surface area contributed by atoms with Crippen LogP contribution in [0.25, 0.3) is 0 Å². The van der Waals surface area contributed by atoms with E-state index in [0.29, 0.717) is 47.5 Å². The Bertz CT molecular complexity index is 1160. The van der Waals surface area contributed by atoms with Crippen molar-refractivity contribution in [1.29, 1.82) is 0 Å². The van der Waals surface area contributed by atoms with Crippen LogP contribution in [0.4, 0.5) is 19.3 Å². The van der Waals surface area contributed by atoms with Gasteiger partial charge in [-0.25, -0.2) is 19.1 Å². The van der Waals surface area contributed by atoms with Gasteiger partial charge in [0.1, 0.15) is 20.6 Å². The second kappa shape index (κ2) is 8.32. The van der Waals surface area contributed by atoms with E-state index in [-0.39, 0.29) is 9.96 Å². The average molecular weight is 487 g/mol. The van der Waals surface area contributed by atoms with Crippen LogP contribution in [0.15, 0.2) is 14.8 Å².